The minimum absolute atomic E-state index is 0.423. The van der Waals surface area contributed by atoms with E-state index in [9.17, 15) is 0 Å². The first kappa shape index (κ1) is 12.1. The standard InChI is InChI=1S/C11H19N4/c1-7-8(3-12)2-9(4-13)11(6-15)10(7)5-14/h2H,1,3-6,12-15H2. The van der Waals surface area contributed by atoms with Crippen molar-refractivity contribution in [1.82, 2.24) is 0 Å². The Labute approximate surface area is 90.6 Å². The van der Waals surface area contributed by atoms with E-state index < -0.39 is 0 Å². The molecule has 0 aromatic heterocycles. The topological polar surface area (TPSA) is 104 Å². The minimum atomic E-state index is 0.423. The molecule has 1 radical (unpaired) electrons. The maximum Gasteiger partial charge on any atom is 0.0184 e. The summed E-state index contributed by atoms with van der Waals surface area (Å²) in [5.74, 6) is 0. The van der Waals surface area contributed by atoms with Gasteiger partial charge in [0.05, 0.1) is 0 Å². The Bertz CT molecular complexity index is 347. The third-order valence-electron chi connectivity index (χ3n) is 2.70. The molecule has 0 saturated heterocycles. The zero-order valence-corrected chi connectivity index (χ0v) is 8.92. The highest BCUT2D eigenvalue weighted by molar-refractivity contribution is 5.47. The number of hydrogen-bond donors (Lipinski definition) is 4. The summed E-state index contributed by atoms with van der Waals surface area (Å²) >= 11 is 0. The van der Waals surface area contributed by atoms with E-state index >= 15 is 0 Å². The van der Waals surface area contributed by atoms with Crippen LogP contribution in [0.3, 0.4) is 0 Å². The van der Waals surface area contributed by atoms with Crippen LogP contribution in [0.25, 0.3) is 0 Å². The van der Waals surface area contributed by atoms with Crippen LogP contribution in [0.15, 0.2) is 6.07 Å². The van der Waals surface area contributed by atoms with E-state index in [1.807, 2.05) is 6.07 Å². The molecule has 1 rings (SSSR count). The van der Waals surface area contributed by atoms with E-state index in [1.165, 1.54) is 0 Å². The zero-order valence-electron chi connectivity index (χ0n) is 8.92. The summed E-state index contributed by atoms with van der Waals surface area (Å²) in [7, 11) is 0. The van der Waals surface area contributed by atoms with Gasteiger partial charge in [-0.2, -0.15) is 0 Å². The molecule has 0 aliphatic heterocycles. The number of hydrogen-bond acceptors (Lipinski definition) is 4. The molecule has 0 aliphatic carbocycles. The van der Waals surface area contributed by atoms with Crippen LogP contribution in [-0.2, 0) is 26.2 Å². The average Bonchev–Trinajstić information content (AvgIpc) is 2.28. The van der Waals surface area contributed by atoms with Crippen LogP contribution in [0.5, 0.6) is 0 Å². The highest BCUT2D eigenvalue weighted by atomic mass is 14.6. The molecule has 15 heavy (non-hydrogen) atoms. The van der Waals surface area contributed by atoms with E-state index in [2.05, 4.69) is 6.92 Å². The first-order chi connectivity index (χ1) is 7.19. The molecule has 0 fully saturated rings. The van der Waals surface area contributed by atoms with Gasteiger partial charge in [-0.3, -0.25) is 0 Å². The van der Waals surface area contributed by atoms with Crippen LogP contribution in [0.4, 0.5) is 0 Å². The second-order valence-corrected chi connectivity index (χ2v) is 3.45. The van der Waals surface area contributed by atoms with E-state index in [4.69, 9.17) is 22.9 Å². The maximum atomic E-state index is 5.70. The van der Waals surface area contributed by atoms with Crippen LogP contribution >= 0.6 is 0 Å². The van der Waals surface area contributed by atoms with Crippen molar-refractivity contribution >= 4 is 0 Å². The fourth-order valence-corrected chi connectivity index (χ4v) is 1.82. The molecule has 1 aromatic rings. The Morgan fingerprint density at radius 1 is 0.800 bits per heavy atom. The lowest BCUT2D eigenvalue weighted by molar-refractivity contribution is 0.905. The van der Waals surface area contributed by atoms with Crippen LogP contribution in [0, 0.1) is 6.92 Å². The quantitative estimate of drug-likeness (QED) is 0.544. The van der Waals surface area contributed by atoms with Crippen LogP contribution in [0.2, 0.25) is 0 Å². The van der Waals surface area contributed by atoms with Crippen molar-refractivity contribution in [2.24, 2.45) is 22.9 Å². The van der Waals surface area contributed by atoms with Gasteiger partial charge in [0.2, 0.25) is 0 Å². The molecule has 0 spiro atoms. The van der Waals surface area contributed by atoms with Gasteiger partial charge >= 0.3 is 0 Å². The monoisotopic (exact) mass is 207 g/mol. The van der Waals surface area contributed by atoms with Gasteiger partial charge in [0, 0.05) is 26.2 Å². The molecule has 4 nitrogen and oxygen atoms in total. The lowest BCUT2D eigenvalue weighted by Gasteiger charge is -2.17. The average molecular weight is 207 g/mol. The summed E-state index contributed by atoms with van der Waals surface area (Å²) in [6.45, 7) is 5.75. The third-order valence-corrected chi connectivity index (χ3v) is 2.70. The van der Waals surface area contributed by atoms with Crippen molar-refractivity contribution in [1.29, 1.82) is 0 Å². The lowest BCUT2D eigenvalue weighted by atomic mass is 9.92. The summed E-state index contributed by atoms with van der Waals surface area (Å²) < 4.78 is 0. The van der Waals surface area contributed by atoms with Gasteiger partial charge in [0.15, 0.2) is 0 Å². The molecule has 8 N–H and O–H groups in total. The third kappa shape index (κ3) is 2.18. The summed E-state index contributed by atoms with van der Waals surface area (Å²) in [5, 5.41) is 0. The molecule has 0 heterocycles. The molecular formula is C11H19N4. The summed E-state index contributed by atoms with van der Waals surface area (Å²) in [6.07, 6.45) is 0. The number of benzene rings is 1. The minimum Gasteiger partial charge on any atom is -0.326 e. The predicted molar refractivity (Wildman–Crippen MR) is 62.5 cm³/mol. The second-order valence-electron chi connectivity index (χ2n) is 3.45. The Balaban J connectivity index is 3.43. The molecular weight excluding hydrogens is 188 g/mol. The summed E-state index contributed by atoms with van der Waals surface area (Å²) in [4.78, 5) is 0. The van der Waals surface area contributed by atoms with E-state index in [0.717, 1.165) is 27.8 Å². The van der Waals surface area contributed by atoms with Crippen LogP contribution in [-0.4, -0.2) is 0 Å². The molecule has 0 unspecified atom stereocenters. The molecule has 0 bridgehead atoms. The van der Waals surface area contributed by atoms with Crippen molar-refractivity contribution in [2.45, 2.75) is 26.2 Å². The van der Waals surface area contributed by atoms with Gasteiger partial charge in [-0.25, -0.2) is 0 Å². The fraction of sp³-hybridized carbons (Fsp3) is 0.364. The second kappa shape index (κ2) is 5.23. The van der Waals surface area contributed by atoms with Gasteiger partial charge in [-0.1, -0.05) is 6.07 Å². The smallest absolute Gasteiger partial charge is 0.0184 e. The first-order valence-corrected chi connectivity index (χ1v) is 4.98. The largest absolute Gasteiger partial charge is 0.326 e. The highest BCUT2D eigenvalue weighted by Gasteiger charge is 2.11. The van der Waals surface area contributed by atoms with Gasteiger partial charge in [-0.15, -0.1) is 0 Å². The molecule has 4 heteroatoms. The molecule has 0 saturated carbocycles. The lowest BCUT2D eigenvalue weighted by Crippen LogP contribution is -2.16. The fourth-order valence-electron chi connectivity index (χ4n) is 1.82. The van der Waals surface area contributed by atoms with Crippen molar-refractivity contribution in [2.75, 3.05) is 0 Å². The van der Waals surface area contributed by atoms with E-state index in [-0.39, 0.29) is 0 Å². The van der Waals surface area contributed by atoms with Crippen LogP contribution < -0.4 is 22.9 Å². The van der Waals surface area contributed by atoms with Gasteiger partial charge in [0.1, 0.15) is 0 Å². The zero-order chi connectivity index (χ0) is 11.4. The SMILES string of the molecule is [CH2]c1c(CN)cc(CN)c(CN)c1CN. The summed E-state index contributed by atoms with van der Waals surface area (Å²) in [6, 6.07) is 1.98. The molecule has 0 atom stereocenters. The number of nitrogens with two attached hydrogens (primary N) is 4. The first-order valence-electron chi connectivity index (χ1n) is 4.98. The van der Waals surface area contributed by atoms with Crippen molar-refractivity contribution in [3.05, 3.63) is 40.8 Å². The van der Waals surface area contributed by atoms with E-state index in [1.54, 1.807) is 0 Å². The van der Waals surface area contributed by atoms with Crippen LogP contribution in [0.1, 0.15) is 27.8 Å². The predicted octanol–water partition coefficient (Wildman–Crippen LogP) is -0.296. The Hall–Kier alpha value is -0.940. The highest BCUT2D eigenvalue weighted by Crippen LogP contribution is 2.22. The molecule has 0 amide bonds. The normalized spacial score (nSPS) is 10.7. The van der Waals surface area contributed by atoms with Gasteiger partial charge in [0.25, 0.3) is 0 Å². The molecule has 1 aromatic carbocycles. The maximum absolute atomic E-state index is 5.70. The molecule has 0 aliphatic rings. The van der Waals surface area contributed by atoms with Gasteiger partial charge < -0.3 is 22.9 Å². The molecule has 83 valence electrons. The Morgan fingerprint density at radius 2 is 1.33 bits per heavy atom. The summed E-state index contributed by atoms with van der Waals surface area (Å²) in [5.41, 5.74) is 27.6. The van der Waals surface area contributed by atoms with Gasteiger partial charge in [-0.05, 0) is 34.7 Å². The van der Waals surface area contributed by atoms with Crippen molar-refractivity contribution in [3.8, 4) is 0 Å². The Morgan fingerprint density at radius 3 is 1.73 bits per heavy atom. The van der Waals surface area contributed by atoms with E-state index in [0.29, 0.717) is 26.2 Å². The number of rotatable bonds is 4. The van der Waals surface area contributed by atoms with Crippen molar-refractivity contribution < 1.29 is 0 Å². The van der Waals surface area contributed by atoms with Crippen molar-refractivity contribution in [3.63, 3.8) is 0 Å². The Kier molecular flexibility index (Phi) is 4.23.